The van der Waals surface area contributed by atoms with Crippen LogP contribution >= 0.6 is 15.9 Å². The van der Waals surface area contributed by atoms with Crippen molar-refractivity contribution >= 4 is 21.9 Å². The molecular weight excluding hydrogens is 389 g/mol. The molecule has 0 aromatic heterocycles. The summed E-state index contributed by atoms with van der Waals surface area (Å²) in [6, 6.07) is 5.07. The van der Waals surface area contributed by atoms with Crippen LogP contribution in [0, 0.1) is 5.82 Å². The monoisotopic (exact) mass is 413 g/mol. The van der Waals surface area contributed by atoms with Crippen molar-refractivity contribution in [1.29, 1.82) is 0 Å². The number of hydrogen-bond donors (Lipinski definition) is 1. The van der Waals surface area contributed by atoms with Gasteiger partial charge in [-0.05, 0) is 31.9 Å². The summed E-state index contributed by atoms with van der Waals surface area (Å²) >= 11 is 3.28. The molecule has 3 rings (SSSR count). The SMILES string of the molecule is CCNC(=NCc1ccc(Br)cc1F)N1CCOC(C2CCCO2)C1. The number of guanidine groups is 1. The van der Waals surface area contributed by atoms with Crippen LogP contribution in [-0.2, 0) is 16.0 Å². The lowest BCUT2D eigenvalue weighted by atomic mass is 10.1. The second-order valence-electron chi connectivity index (χ2n) is 6.31. The molecule has 2 fully saturated rings. The number of nitrogens with one attached hydrogen (secondary N) is 1. The molecule has 0 spiro atoms. The van der Waals surface area contributed by atoms with E-state index in [-0.39, 0.29) is 18.0 Å². The Morgan fingerprint density at radius 1 is 1.36 bits per heavy atom. The highest BCUT2D eigenvalue weighted by atomic mass is 79.9. The molecule has 0 radical (unpaired) electrons. The van der Waals surface area contributed by atoms with Gasteiger partial charge in [-0.2, -0.15) is 0 Å². The third-order valence-corrected chi connectivity index (χ3v) is 5.02. The standard InChI is InChI=1S/C18H25BrFN3O2/c1-2-21-18(22-11-13-5-6-14(19)10-15(13)20)23-7-9-25-17(12-23)16-4-3-8-24-16/h5-6,10,16-17H,2-4,7-9,11-12H2,1H3,(H,21,22). The molecule has 1 aromatic rings. The largest absolute Gasteiger partial charge is 0.375 e. The molecular formula is C18H25BrFN3O2. The Labute approximate surface area is 156 Å². The van der Waals surface area contributed by atoms with Gasteiger partial charge in [0.05, 0.1) is 19.3 Å². The van der Waals surface area contributed by atoms with Crippen molar-refractivity contribution in [1.82, 2.24) is 10.2 Å². The van der Waals surface area contributed by atoms with Crippen LogP contribution in [0.1, 0.15) is 25.3 Å². The Hall–Kier alpha value is -1.18. The van der Waals surface area contributed by atoms with Gasteiger partial charge < -0.3 is 19.7 Å². The van der Waals surface area contributed by atoms with E-state index in [4.69, 9.17) is 9.47 Å². The van der Waals surface area contributed by atoms with Crippen LogP contribution < -0.4 is 5.32 Å². The lowest BCUT2D eigenvalue weighted by Gasteiger charge is -2.37. The van der Waals surface area contributed by atoms with E-state index < -0.39 is 0 Å². The molecule has 1 aromatic carbocycles. The molecule has 138 valence electrons. The first-order valence-electron chi connectivity index (χ1n) is 8.87. The first-order chi connectivity index (χ1) is 12.2. The van der Waals surface area contributed by atoms with Gasteiger partial charge in [-0.1, -0.05) is 22.0 Å². The molecule has 2 aliphatic heterocycles. The normalized spacial score (nSPS) is 24.6. The Morgan fingerprint density at radius 3 is 2.92 bits per heavy atom. The summed E-state index contributed by atoms with van der Waals surface area (Å²) in [5.41, 5.74) is 0.586. The van der Waals surface area contributed by atoms with Crippen LogP contribution in [0.15, 0.2) is 27.7 Å². The van der Waals surface area contributed by atoms with Crippen molar-refractivity contribution in [3.8, 4) is 0 Å². The number of nitrogens with zero attached hydrogens (tertiary/aromatic N) is 2. The Balaban J connectivity index is 1.68. The molecule has 0 bridgehead atoms. The average Bonchev–Trinajstić information content (AvgIpc) is 3.15. The molecule has 2 aliphatic rings. The summed E-state index contributed by atoms with van der Waals surface area (Å²) in [7, 11) is 0. The highest BCUT2D eigenvalue weighted by molar-refractivity contribution is 9.10. The predicted molar refractivity (Wildman–Crippen MR) is 99.2 cm³/mol. The first-order valence-corrected chi connectivity index (χ1v) is 9.67. The summed E-state index contributed by atoms with van der Waals surface area (Å²) in [5, 5.41) is 3.31. The zero-order valence-corrected chi connectivity index (χ0v) is 16.1. The Kier molecular flexibility index (Phi) is 6.67. The summed E-state index contributed by atoms with van der Waals surface area (Å²) in [6.07, 6.45) is 2.40. The quantitative estimate of drug-likeness (QED) is 0.608. The summed E-state index contributed by atoms with van der Waals surface area (Å²) in [6.45, 7) is 6.11. The van der Waals surface area contributed by atoms with E-state index in [0.29, 0.717) is 18.7 Å². The fourth-order valence-electron chi connectivity index (χ4n) is 3.22. The van der Waals surface area contributed by atoms with Crippen molar-refractivity contribution in [2.45, 2.75) is 38.5 Å². The third-order valence-electron chi connectivity index (χ3n) is 4.52. The highest BCUT2D eigenvalue weighted by Gasteiger charge is 2.32. The molecule has 0 aliphatic carbocycles. The number of rotatable bonds is 4. The molecule has 2 unspecified atom stereocenters. The fourth-order valence-corrected chi connectivity index (χ4v) is 3.56. The maximum absolute atomic E-state index is 14.0. The molecule has 1 N–H and O–H groups in total. The molecule has 25 heavy (non-hydrogen) atoms. The number of ether oxygens (including phenoxy) is 2. The molecule has 0 saturated carbocycles. The van der Waals surface area contributed by atoms with Gasteiger partial charge in [0.1, 0.15) is 11.9 Å². The molecule has 2 saturated heterocycles. The number of hydrogen-bond acceptors (Lipinski definition) is 3. The highest BCUT2D eigenvalue weighted by Crippen LogP contribution is 2.21. The van der Waals surface area contributed by atoms with Crippen LogP contribution in [0.5, 0.6) is 0 Å². The van der Waals surface area contributed by atoms with E-state index in [1.807, 2.05) is 13.0 Å². The lowest BCUT2D eigenvalue weighted by molar-refractivity contribution is -0.0817. The molecule has 0 amide bonds. The smallest absolute Gasteiger partial charge is 0.194 e. The third kappa shape index (κ3) is 4.92. The van der Waals surface area contributed by atoms with Crippen LogP contribution in [0.25, 0.3) is 0 Å². The summed E-state index contributed by atoms with van der Waals surface area (Å²) < 4.78 is 26.4. The number of benzene rings is 1. The van der Waals surface area contributed by atoms with Crippen LogP contribution in [0.2, 0.25) is 0 Å². The van der Waals surface area contributed by atoms with E-state index in [0.717, 1.165) is 49.5 Å². The number of halogens is 2. The van der Waals surface area contributed by atoms with Gasteiger partial charge in [-0.15, -0.1) is 0 Å². The average molecular weight is 414 g/mol. The Morgan fingerprint density at radius 2 is 2.20 bits per heavy atom. The number of morpholine rings is 1. The number of aliphatic imine (C=N–C) groups is 1. The zero-order chi connectivity index (χ0) is 17.6. The maximum atomic E-state index is 14.0. The summed E-state index contributed by atoms with van der Waals surface area (Å²) in [5.74, 6) is 0.560. The minimum atomic E-state index is -0.242. The van der Waals surface area contributed by atoms with Gasteiger partial charge in [-0.3, -0.25) is 0 Å². The van der Waals surface area contributed by atoms with Gasteiger partial charge in [-0.25, -0.2) is 9.38 Å². The zero-order valence-electron chi connectivity index (χ0n) is 14.5. The Bertz CT molecular complexity index is 608. The second-order valence-corrected chi connectivity index (χ2v) is 7.23. The van der Waals surface area contributed by atoms with Crippen LogP contribution in [0.4, 0.5) is 4.39 Å². The second kappa shape index (κ2) is 8.96. The first kappa shape index (κ1) is 18.6. The van der Waals surface area contributed by atoms with Crippen LogP contribution in [-0.4, -0.2) is 55.9 Å². The van der Waals surface area contributed by atoms with Crippen molar-refractivity contribution in [2.24, 2.45) is 4.99 Å². The van der Waals surface area contributed by atoms with Gasteiger partial charge >= 0.3 is 0 Å². The van der Waals surface area contributed by atoms with Crippen molar-refractivity contribution in [2.75, 3.05) is 32.8 Å². The summed E-state index contributed by atoms with van der Waals surface area (Å²) in [4.78, 5) is 6.83. The molecule has 2 heterocycles. The van der Waals surface area contributed by atoms with Crippen molar-refractivity contribution in [3.05, 3.63) is 34.1 Å². The van der Waals surface area contributed by atoms with Gasteiger partial charge in [0.25, 0.3) is 0 Å². The van der Waals surface area contributed by atoms with Crippen LogP contribution in [0.3, 0.4) is 0 Å². The molecule has 5 nitrogen and oxygen atoms in total. The minimum Gasteiger partial charge on any atom is -0.375 e. The van der Waals surface area contributed by atoms with Crippen molar-refractivity contribution in [3.63, 3.8) is 0 Å². The fraction of sp³-hybridized carbons (Fsp3) is 0.611. The maximum Gasteiger partial charge on any atom is 0.194 e. The van der Waals surface area contributed by atoms with E-state index >= 15 is 0 Å². The lowest BCUT2D eigenvalue weighted by Crippen LogP contribution is -2.53. The molecule has 2 atom stereocenters. The van der Waals surface area contributed by atoms with Gasteiger partial charge in [0, 0.05) is 36.3 Å². The van der Waals surface area contributed by atoms with E-state index in [1.54, 1.807) is 6.07 Å². The topological polar surface area (TPSA) is 46.1 Å². The van der Waals surface area contributed by atoms with E-state index in [9.17, 15) is 4.39 Å². The van der Waals surface area contributed by atoms with Crippen molar-refractivity contribution < 1.29 is 13.9 Å². The molecule has 7 heteroatoms. The minimum absolute atomic E-state index is 0.0736. The van der Waals surface area contributed by atoms with Gasteiger partial charge in [0.15, 0.2) is 5.96 Å². The predicted octanol–water partition coefficient (Wildman–Crippen LogP) is 2.93. The van der Waals surface area contributed by atoms with E-state index in [1.165, 1.54) is 6.07 Å². The van der Waals surface area contributed by atoms with Gasteiger partial charge in [0.2, 0.25) is 0 Å². The van der Waals surface area contributed by atoms with E-state index in [2.05, 4.69) is 31.1 Å².